The monoisotopic (exact) mass is 346 g/mol. The Morgan fingerprint density at radius 3 is 2.26 bits per heavy atom. The van der Waals surface area contributed by atoms with Crippen LogP contribution in [0.2, 0.25) is 0 Å². The Kier molecular flexibility index (Phi) is 4.30. The van der Waals surface area contributed by atoms with E-state index in [2.05, 4.69) is 30.6 Å². The summed E-state index contributed by atoms with van der Waals surface area (Å²) >= 11 is 2.70. The lowest BCUT2D eigenvalue weighted by Gasteiger charge is -2.03. The van der Waals surface area contributed by atoms with Crippen molar-refractivity contribution in [1.82, 2.24) is 19.9 Å². The Hall–Kier alpha value is -2.39. The van der Waals surface area contributed by atoms with Crippen molar-refractivity contribution in [3.63, 3.8) is 0 Å². The second kappa shape index (κ2) is 6.39. The maximum atomic E-state index is 12.1. The first kappa shape index (κ1) is 15.5. The Morgan fingerprint density at radius 2 is 1.61 bits per heavy atom. The predicted molar refractivity (Wildman–Crippen MR) is 91.7 cm³/mol. The van der Waals surface area contributed by atoms with Crippen molar-refractivity contribution in [2.45, 2.75) is 20.8 Å². The Bertz CT molecular complexity index is 836. The summed E-state index contributed by atoms with van der Waals surface area (Å²) in [6.07, 6.45) is 0. The van der Waals surface area contributed by atoms with Gasteiger partial charge in [0, 0.05) is 22.1 Å². The lowest BCUT2D eigenvalue weighted by molar-refractivity contribution is 0.102. The number of hydrogen-bond acceptors (Lipinski definition) is 8. The fourth-order valence-corrected chi connectivity index (χ4v) is 3.25. The van der Waals surface area contributed by atoms with Gasteiger partial charge in [-0.3, -0.25) is 10.1 Å². The lowest BCUT2D eigenvalue weighted by atomic mass is 10.4. The maximum absolute atomic E-state index is 12.1. The van der Waals surface area contributed by atoms with E-state index in [9.17, 15) is 4.79 Å². The van der Waals surface area contributed by atoms with Crippen molar-refractivity contribution >= 4 is 44.8 Å². The third-order valence-corrected chi connectivity index (χ3v) is 4.41. The topological polar surface area (TPSA) is 92.7 Å². The molecule has 3 aromatic rings. The van der Waals surface area contributed by atoms with E-state index in [1.165, 1.54) is 22.7 Å². The minimum Gasteiger partial charge on any atom is -0.300 e. The molecule has 0 aliphatic heterocycles. The number of carbonyl (C=O) groups is 1. The van der Waals surface area contributed by atoms with Crippen LogP contribution >= 0.6 is 22.7 Å². The van der Waals surface area contributed by atoms with Gasteiger partial charge in [-0.2, -0.15) is 0 Å². The van der Waals surface area contributed by atoms with Crippen molar-refractivity contribution in [3.05, 3.63) is 39.6 Å². The molecule has 0 aromatic carbocycles. The van der Waals surface area contributed by atoms with Crippen molar-refractivity contribution < 1.29 is 4.79 Å². The highest BCUT2D eigenvalue weighted by Gasteiger charge is 2.13. The molecule has 0 bridgehead atoms. The van der Waals surface area contributed by atoms with E-state index in [0.29, 0.717) is 21.9 Å². The van der Waals surface area contributed by atoms with E-state index in [0.717, 1.165) is 17.1 Å². The van der Waals surface area contributed by atoms with Gasteiger partial charge >= 0.3 is 0 Å². The van der Waals surface area contributed by atoms with Crippen molar-refractivity contribution in [1.29, 1.82) is 0 Å². The second-order valence-corrected chi connectivity index (χ2v) is 6.60. The minimum atomic E-state index is -0.287. The van der Waals surface area contributed by atoms with Crippen LogP contribution in [0.25, 0.3) is 0 Å². The average Bonchev–Trinajstić information content (AvgIpc) is 3.07. The molecule has 3 aromatic heterocycles. The standard InChI is InChI=1S/C14H14N6OS2/c1-7-4-8(2)16-12(15-7)20-14-18-10(6-23-14)11(21)19-13-17-9(3)5-22-13/h4-6H,1-3H3,(H,17,19,21)(H,15,16,18,20). The normalized spacial score (nSPS) is 10.6. The number of aromatic nitrogens is 4. The van der Waals surface area contributed by atoms with Gasteiger partial charge in [-0.05, 0) is 26.8 Å². The number of nitrogens with one attached hydrogen (secondary N) is 2. The number of amides is 1. The van der Waals surface area contributed by atoms with Crippen LogP contribution in [-0.4, -0.2) is 25.8 Å². The van der Waals surface area contributed by atoms with Crippen LogP contribution in [0.3, 0.4) is 0 Å². The molecule has 0 saturated carbocycles. The van der Waals surface area contributed by atoms with E-state index in [1.54, 1.807) is 5.38 Å². The summed E-state index contributed by atoms with van der Waals surface area (Å²) < 4.78 is 0. The van der Waals surface area contributed by atoms with Gasteiger partial charge in [-0.1, -0.05) is 0 Å². The van der Waals surface area contributed by atoms with E-state index in [-0.39, 0.29) is 5.91 Å². The van der Waals surface area contributed by atoms with Crippen LogP contribution in [0.4, 0.5) is 16.2 Å². The number of anilines is 3. The molecular weight excluding hydrogens is 332 g/mol. The molecule has 1 amide bonds. The van der Waals surface area contributed by atoms with Crippen LogP contribution in [0.1, 0.15) is 27.6 Å². The lowest BCUT2D eigenvalue weighted by Crippen LogP contribution is -2.12. The number of thiazole rings is 2. The Labute approximate surface area is 140 Å². The van der Waals surface area contributed by atoms with Gasteiger partial charge in [0.15, 0.2) is 10.3 Å². The quantitative estimate of drug-likeness (QED) is 0.753. The highest BCUT2D eigenvalue weighted by Crippen LogP contribution is 2.21. The Morgan fingerprint density at radius 1 is 0.913 bits per heavy atom. The van der Waals surface area contributed by atoms with Crippen molar-refractivity contribution in [3.8, 4) is 0 Å². The molecule has 0 radical (unpaired) electrons. The number of carbonyl (C=O) groups excluding carboxylic acids is 1. The van der Waals surface area contributed by atoms with Gasteiger partial charge in [-0.15, -0.1) is 22.7 Å². The molecule has 3 heterocycles. The summed E-state index contributed by atoms with van der Waals surface area (Å²) in [6.45, 7) is 5.67. The van der Waals surface area contributed by atoms with Gasteiger partial charge < -0.3 is 5.32 Å². The molecule has 0 atom stereocenters. The molecule has 9 heteroatoms. The molecule has 0 aliphatic rings. The summed E-state index contributed by atoms with van der Waals surface area (Å²) in [7, 11) is 0. The third kappa shape index (κ3) is 3.88. The Balaban J connectivity index is 1.71. The highest BCUT2D eigenvalue weighted by molar-refractivity contribution is 7.14. The van der Waals surface area contributed by atoms with E-state index >= 15 is 0 Å². The zero-order valence-electron chi connectivity index (χ0n) is 12.7. The van der Waals surface area contributed by atoms with Gasteiger partial charge in [0.2, 0.25) is 5.95 Å². The van der Waals surface area contributed by atoms with Crippen LogP contribution in [-0.2, 0) is 0 Å². The minimum absolute atomic E-state index is 0.287. The van der Waals surface area contributed by atoms with Gasteiger partial charge in [-0.25, -0.2) is 19.9 Å². The molecule has 0 spiro atoms. The number of nitrogens with zero attached hydrogens (tertiary/aromatic N) is 4. The zero-order chi connectivity index (χ0) is 16.4. The molecule has 23 heavy (non-hydrogen) atoms. The summed E-state index contributed by atoms with van der Waals surface area (Å²) in [5.41, 5.74) is 2.94. The molecule has 0 aliphatic carbocycles. The fraction of sp³-hybridized carbons (Fsp3) is 0.214. The molecule has 2 N–H and O–H groups in total. The van der Waals surface area contributed by atoms with Gasteiger partial charge in [0.05, 0.1) is 5.69 Å². The smallest absolute Gasteiger partial charge is 0.276 e. The number of aryl methyl sites for hydroxylation is 3. The molecular formula is C14H14N6OS2. The van der Waals surface area contributed by atoms with Crippen LogP contribution in [0, 0.1) is 20.8 Å². The number of rotatable bonds is 4. The fourth-order valence-electron chi connectivity index (χ4n) is 1.89. The molecule has 118 valence electrons. The highest BCUT2D eigenvalue weighted by atomic mass is 32.1. The first-order valence-electron chi connectivity index (χ1n) is 6.78. The van der Waals surface area contributed by atoms with Gasteiger partial charge in [0.25, 0.3) is 5.91 Å². The predicted octanol–water partition coefficient (Wildman–Crippen LogP) is 3.31. The van der Waals surface area contributed by atoms with Crippen molar-refractivity contribution in [2.75, 3.05) is 10.6 Å². The van der Waals surface area contributed by atoms with Crippen LogP contribution < -0.4 is 10.6 Å². The summed E-state index contributed by atoms with van der Waals surface area (Å²) in [5, 5.41) is 10.4. The SMILES string of the molecule is Cc1cc(C)nc(Nc2nc(C(=O)Nc3nc(C)cs3)cs2)n1. The van der Waals surface area contributed by atoms with Crippen LogP contribution in [0.15, 0.2) is 16.8 Å². The van der Waals surface area contributed by atoms with Gasteiger partial charge in [0.1, 0.15) is 5.69 Å². The summed E-state index contributed by atoms with van der Waals surface area (Å²) in [4.78, 5) is 29.2. The average molecular weight is 346 g/mol. The second-order valence-electron chi connectivity index (χ2n) is 4.89. The molecule has 3 rings (SSSR count). The van der Waals surface area contributed by atoms with E-state index in [4.69, 9.17) is 0 Å². The summed E-state index contributed by atoms with van der Waals surface area (Å²) in [6, 6.07) is 1.89. The largest absolute Gasteiger partial charge is 0.300 e. The van der Waals surface area contributed by atoms with E-state index < -0.39 is 0 Å². The maximum Gasteiger partial charge on any atom is 0.276 e. The number of hydrogen-bond donors (Lipinski definition) is 2. The first-order chi connectivity index (χ1) is 11.0. The molecule has 7 nitrogen and oxygen atoms in total. The van der Waals surface area contributed by atoms with E-state index in [1.807, 2.05) is 32.2 Å². The first-order valence-corrected chi connectivity index (χ1v) is 8.54. The zero-order valence-corrected chi connectivity index (χ0v) is 14.4. The third-order valence-electron chi connectivity index (χ3n) is 2.78. The van der Waals surface area contributed by atoms with Crippen LogP contribution in [0.5, 0.6) is 0 Å². The molecule has 0 unspecified atom stereocenters. The molecule has 0 fully saturated rings. The molecule has 0 saturated heterocycles. The van der Waals surface area contributed by atoms with Crippen molar-refractivity contribution in [2.24, 2.45) is 0 Å². The summed E-state index contributed by atoms with van der Waals surface area (Å²) in [5.74, 6) is 0.185.